The lowest BCUT2D eigenvalue weighted by Crippen LogP contribution is -2.41. The molecule has 0 aromatic heterocycles. The van der Waals surface area contributed by atoms with Crippen LogP contribution in [0.1, 0.15) is 12.5 Å². The molecular weight excluding hydrogens is 194 g/mol. The number of benzene rings is 1. The van der Waals surface area contributed by atoms with Gasteiger partial charge in [0.2, 0.25) is 0 Å². The fraction of sp³-hybridized carbons (Fsp3) is 0.182. The predicted octanol–water partition coefficient (Wildman–Crippen LogP) is 2.05. The highest BCUT2D eigenvalue weighted by molar-refractivity contribution is 8.01. The van der Waals surface area contributed by atoms with Gasteiger partial charge in [-0.2, -0.15) is 0 Å². The molecular formula is C11H11NOS. The van der Waals surface area contributed by atoms with E-state index in [0.29, 0.717) is 0 Å². The molecule has 1 aliphatic rings. The quantitative estimate of drug-likeness (QED) is 0.763. The second-order valence-electron chi connectivity index (χ2n) is 3.32. The molecule has 2 N–H and O–H groups in total. The van der Waals surface area contributed by atoms with E-state index in [-0.39, 0.29) is 5.78 Å². The summed E-state index contributed by atoms with van der Waals surface area (Å²) < 4.78 is 0. The van der Waals surface area contributed by atoms with Crippen molar-refractivity contribution >= 4 is 23.6 Å². The minimum Gasteiger partial charge on any atom is -0.307 e. The molecule has 0 saturated carbocycles. The zero-order valence-electron chi connectivity index (χ0n) is 7.86. The van der Waals surface area contributed by atoms with E-state index in [1.807, 2.05) is 30.3 Å². The standard InChI is InChI=1S/C11H11NOS/c1-8(13)11(12)7-6-9-4-2-3-5-10(9)14-11/h2-7H,12H2,1H3. The highest BCUT2D eigenvalue weighted by atomic mass is 32.2. The summed E-state index contributed by atoms with van der Waals surface area (Å²) in [5.41, 5.74) is 7.07. The van der Waals surface area contributed by atoms with Crippen LogP contribution in [0.25, 0.3) is 6.08 Å². The Kier molecular flexibility index (Phi) is 2.21. The molecule has 1 unspecified atom stereocenters. The van der Waals surface area contributed by atoms with Gasteiger partial charge < -0.3 is 5.73 Å². The number of nitrogens with two attached hydrogens (primary N) is 1. The van der Waals surface area contributed by atoms with Crippen molar-refractivity contribution in [1.29, 1.82) is 0 Å². The Morgan fingerprint density at radius 3 is 2.86 bits per heavy atom. The van der Waals surface area contributed by atoms with Gasteiger partial charge in [0.15, 0.2) is 5.78 Å². The summed E-state index contributed by atoms with van der Waals surface area (Å²) in [6.07, 6.45) is 3.68. The molecule has 0 saturated heterocycles. The van der Waals surface area contributed by atoms with Crippen LogP contribution in [0, 0.1) is 0 Å². The van der Waals surface area contributed by atoms with Gasteiger partial charge in [0.1, 0.15) is 4.87 Å². The number of carbonyl (C=O) groups excluding carboxylic acids is 1. The van der Waals surface area contributed by atoms with Crippen LogP contribution in [-0.2, 0) is 4.79 Å². The lowest BCUT2D eigenvalue weighted by molar-refractivity contribution is -0.118. The van der Waals surface area contributed by atoms with Crippen LogP contribution in [0.15, 0.2) is 35.2 Å². The van der Waals surface area contributed by atoms with Crippen LogP contribution in [0.2, 0.25) is 0 Å². The van der Waals surface area contributed by atoms with Crippen molar-refractivity contribution < 1.29 is 4.79 Å². The number of carbonyl (C=O) groups is 1. The SMILES string of the molecule is CC(=O)C1(N)C=Cc2ccccc2S1. The van der Waals surface area contributed by atoms with E-state index >= 15 is 0 Å². The number of thioether (sulfide) groups is 1. The number of fused-ring (bicyclic) bond motifs is 1. The van der Waals surface area contributed by atoms with Crippen molar-refractivity contribution in [1.82, 2.24) is 0 Å². The largest absolute Gasteiger partial charge is 0.307 e. The molecule has 0 fully saturated rings. The van der Waals surface area contributed by atoms with Gasteiger partial charge in [-0.05, 0) is 24.6 Å². The first-order valence-electron chi connectivity index (χ1n) is 4.39. The molecule has 2 nitrogen and oxygen atoms in total. The molecule has 0 aliphatic carbocycles. The molecule has 2 rings (SSSR count). The Bertz CT molecular complexity index is 414. The minimum atomic E-state index is -0.881. The normalized spacial score (nSPS) is 24.4. The number of Topliss-reactive ketones (excluding diaryl/α,β-unsaturated/α-hetero) is 1. The van der Waals surface area contributed by atoms with Gasteiger partial charge in [-0.25, -0.2) is 0 Å². The van der Waals surface area contributed by atoms with E-state index in [9.17, 15) is 4.79 Å². The van der Waals surface area contributed by atoms with Gasteiger partial charge >= 0.3 is 0 Å². The van der Waals surface area contributed by atoms with Crippen LogP contribution >= 0.6 is 11.8 Å². The zero-order valence-corrected chi connectivity index (χ0v) is 8.67. The Labute approximate surface area is 87.2 Å². The first-order valence-corrected chi connectivity index (χ1v) is 5.21. The van der Waals surface area contributed by atoms with Crippen molar-refractivity contribution in [2.45, 2.75) is 16.7 Å². The maximum atomic E-state index is 11.3. The summed E-state index contributed by atoms with van der Waals surface area (Å²) in [4.78, 5) is 11.5. The first-order chi connectivity index (χ1) is 6.62. The van der Waals surface area contributed by atoms with E-state index in [1.54, 1.807) is 6.08 Å². The second kappa shape index (κ2) is 3.26. The fourth-order valence-corrected chi connectivity index (χ4v) is 2.37. The van der Waals surface area contributed by atoms with Crippen molar-refractivity contribution in [3.05, 3.63) is 35.9 Å². The van der Waals surface area contributed by atoms with Gasteiger partial charge in [-0.1, -0.05) is 36.0 Å². The number of hydrogen-bond donors (Lipinski definition) is 1. The molecule has 0 spiro atoms. The van der Waals surface area contributed by atoms with Crippen molar-refractivity contribution in [3.63, 3.8) is 0 Å². The summed E-state index contributed by atoms with van der Waals surface area (Å²) >= 11 is 1.41. The summed E-state index contributed by atoms with van der Waals surface area (Å²) in [7, 11) is 0. The maximum absolute atomic E-state index is 11.3. The molecule has 14 heavy (non-hydrogen) atoms. The summed E-state index contributed by atoms with van der Waals surface area (Å²) in [5, 5.41) is 0. The van der Waals surface area contributed by atoms with E-state index < -0.39 is 4.87 Å². The molecule has 1 aromatic carbocycles. The molecule has 1 aliphatic heterocycles. The predicted molar refractivity (Wildman–Crippen MR) is 58.9 cm³/mol. The monoisotopic (exact) mass is 205 g/mol. The van der Waals surface area contributed by atoms with Crippen molar-refractivity contribution in [3.8, 4) is 0 Å². The van der Waals surface area contributed by atoms with Crippen LogP contribution in [0.4, 0.5) is 0 Å². The Balaban J connectivity index is 2.43. The Morgan fingerprint density at radius 2 is 2.14 bits per heavy atom. The lowest BCUT2D eigenvalue weighted by atomic mass is 10.1. The minimum absolute atomic E-state index is 0.0201. The van der Waals surface area contributed by atoms with E-state index in [0.717, 1.165) is 10.5 Å². The number of ketones is 1. The van der Waals surface area contributed by atoms with E-state index in [2.05, 4.69) is 0 Å². The van der Waals surface area contributed by atoms with E-state index in [4.69, 9.17) is 5.73 Å². The smallest absolute Gasteiger partial charge is 0.164 e. The molecule has 0 radical (unpaired) electrons. The molecule has 1 heterocycles. The summed E-state index contributed by atoms with van der Waals surface area (Å²) in [5.74, 6) is -0.0201. The average molecular weight is 205 g/mol. The van der Waals surface area contributed by atoms with Gasteiger partial charge in [-0.3, -0.25) is 4.79 Å². The van der Waals surface area contributed by atoms with Gasteiger partial charge in [0, 0.05) is 4.90 Å². The number of hydrogen-bond acceptors (Lipinski definition) is 3. The summed E-state index contributed by atoms with van der Waals surface area (Å²) in [6, 6.07) is 7.92. The van der Waals surface area contributed by atoms with Crippen LogP contribution in [-0.4, -0.2) is 10.7 Å². The third kappa shape index (κ3) is 1.49. The molecule has 1 aromatic rings. The third-order valence-corrected chi connectivity index (χ3v) is 3.61. The highest BCUT2D eigenvalue weighted by Crippen LogP contribution is 2.38. The van der Waals surface area contributed by atoms with Crippen LogP contribution in [0.3, 0.4) is 0 Å². The van der Waals surface area contributed by atoms with Gasteiger partial charge in [0.05, 0.1) is 0 Å². The lowest BCUT2D eigenvalue weighted by Gasteiger charge is -2.26. The highest BCUT2D eigenvalue weighted by Gasteiger charge is 2.31. The fourth-order valence-electron chi connectivity index (χ4n) is 1.33. The summed E-state index contributed by atoms with van der Waals surface area (Å²) in [6.45, 7) is 1.52. The van der Waals surface area contributed by atoms with Crippen LogP contribution in [0.5, 0.6) is 0 Å². The molecule has 1 atom stereocenters. The number of rotatable bonds is 1. The van der Waals surface area contributed by atoms with E-state index in [1.165, 1.54) is 18.7 Å². The molecule has 3 heteroatoms. The molecule has 0 amide bonds. The zero-order chi connectivity index (χ0) is 10.2. The maximum Gasteiger partial charge on any atom is 0.164 e. The van der Waals surface area contributed by atoms with Gasteiger partial charge in [-0.15, -0.1) is 0 Å². The first kappa shape index (κ1) is 9.49. The Hall–Kier alpha value is -1.06. The van der Waals surface area contributed by atoms with Crippen molar-refractivity contribution in [2.24, 2.45) is 5.73 Å². The average Bonchev–Trinajstić information content (AvgIpc) is 2.17. The van der Waals surface area contributed by atoms with Crippen molar-refractivity contribution in [2.75, 3.05) is 0 Å². The topological polar surface area (TPSA) is 43.1 Å². The van der Waals surface area contributed by atoms with Gasteiger partial charge in [0.25, 0.3) is 0 Å². The Morgan fingerprint density at radius 1 is 1.43 bits per heavy atom. The molecule has 0 bridgehead atoms. The third-order valence-electron chi connectivity index (χ3n) is 2.26. The second-order valence-corrected chi connectivity index (χ2v) is 4.64. The molecule has 72 valence electrons. The van der Waals surface area contributed by atoms with Crippen LogP contribution < -0.4 is 5.73 Å².